The molecule has 1 saturated heterocycles. The van der Waals surface area contributed by atoms with Crippen LogP contribution in [-0.2, 0) is 13.0 Å². The Labute approximate surface area is 198 Å². The highest BCUT2D eigenvalue weighted by Gasteiger charge is 2.16. The maximum atomic E-state index is 10.4. The van der Waals surface area contributed by atoms with Gasteiger partial charge in [0.25, 0.3) is 0 Å². The third-order valence-corrected chi connectivity index (χ3v) is 6.71. The van der Waals surface area contributed by atoms with Crippen molar-refractivity contribution in [1.29, 1.82) is 0 Å². The molecule has 3 nitrogen and oxygen atoms in total. The van der Waals surface area contributed by atoms with E-state index in [-0.39, 0.29) is 23.9 Å². The molecule has 4 heteroatoms. The molecule has 0 spiro atoms. The number of piperidine rings is 1. The summed E-state index contributed by atoms with van der Waals surface area (Å²) in [6.45, 7) is 5.22. The number of rotatable bonds is 16. The Bertz CT molecular complexity index is 573. The lowest BCUT2D eigenvalue weighted by Gasteiger charge is -2.26. The number of phenols is 2. The van der Waals surface area contributed by atoms with Gasteiger partial charge in [-0.2, -0.15) is 0 Å². The second kappa shape index (κ2) is 17.6. The van der Waals surface area contributed by atoms with E-state index in [0.29, 0.717) is 0 Å². The van der Waals surface area contributed by atoms with Crippen molar-refractivity contribution in [3.63, 3.8) is 0 Å². The van der Waals surface area contributed by atoms with E-state index in [0.717, 1.165) is 43.6 Å². The highest BCUT2D eigenvalue weighted by molar-refractivity contribution is 5.85. The SMILES string of the molecule is CCCCCCCCCCCCCCCc1ccc(CN2CCCCC2)c(O)c1O.Cl. The van der Waals surface area contributed by atoms with Crippen LogP contribution in [0, 0.1) is 0 Å². The van der Waals surface area contributed by atoms with Gasteiger partial charge in [-0.05, 0) is 44.3 Å². The Hall–Kier alpha value is -0.930. The molecule has 2 rings (SSSR count). The Morgan fingerprint density at radius 1 is 0.645 bits per heavy atom. The molecule has 1 heterocycles. The number of likely N-dealkylation sites (tertiary alicyclic amines) is 1. The first-order chi connectivity index (χ1) is 14.7. The van der Waals surface area contributed by atoms with Crippen LogP contribution in [0.2, 0.25) is 0 Å². The average Bonchev–Trinajstić information content (AvgIpc) is 2.77. The van der Waals surface area contributed by atoms with Gasteiger partial charge in [-0.1, -0.05) is 103 Å². The van der Waals surface area contributed by atoms with Crippen LogP contribution in [0.25, 0.3) is 0 Å². The first-order valence-corrected chi connectivity index (χ1v) is 13.0. The summed E-state index contributed by atoms with van der Waals surface area (Å²) in [5, 5.41) is 20.9. The summed E-state index contributed by atoms with van der Waals surface area (Å²) in [7, 11) is 0. The molecule has 0 aliphatic carbocycles. The summed E-state index contributed by atoms with van der Waals surface area (Å²) in [5.74, 6) is 0.219. The van der Waals surface area contributed by atoms with Crippen LogP contribution < -0.4 is 0 Å². The van der Waals surface area contributed by atoms with E-state index in [1.165, 1.54) is 96.3 Å². The predicted octanol–water partition coefficient (Wildman–Crippen LogP) is 8.14. The number of hydrogen-bond donors (Lipinski definition) is 2. The quantitative estimate of drug-likeness (QED) is 0.196. The molecule has 1 aliphatic heterocycles. The number of nitrogens with zero attached hydrogens (tertiary/aromatic N) is 1. The molecule has 1 aromatic carbocycles. The largest absolute Gasteiger partial charge is 0.504 e. The molecule has 0 unspecified atom stereocenters. The maximum Gasteiger partial charge on any atom is 0.162 e. The summed E-state index contributed by atoms with van der Waals surface area (Å²) in [6.07, 6.45) is 22.2. The topological polar surface area (TPSA) is 43.7 Å². The monoisotopic (exact) mass is 453 g/mol. The van der Waals surface area contributed by atoms with Crippen LogP contribution in [0.4, 0.5) is 0 Å². The standard InChI is InChI=1S/C27H47NO2.ClH/c1-2-3-4-5-6-7-8-9-10-11-12-13-15-18-24-19-20-25(27(30)26(24)29)23-28-21-16-14-17-22-28;/h19-20,29-30H,2-18,21-23H2,1H3;1H. The molecule has 2 N–H and O–H groups in total. The maximum absolute atomic E-state index is 10.4. The van der Waals surface area contributed by atoms with Crippen LogP contribution in [0.3, 0.4) is 0 Å². The number of phenolic OH excluding ortho intramolecular Hbond substituents is 2. The van der Waals surface area contributed by atoms with E-state index in [1.807, 2.05) is 12.1 Å². The van der Waals surface area contributed by atoms with E-state index < -0.39 is 0 Å². The fourth-order valence-electron chi connectivity index (χ4n) is 4.68. The normalized spacial score (nSPS) is 14.5. The van der Waals surface area contributed by atoms with Gasteiger partial charge in [0.15, 0.2) is 11.5 Å². The average molecular weight is 454 g/mol. The zero-order valence-corrected chi connectivity index (χ0v) is 20.9. The van der Waals surface area contributed by atoms with E-state index >= 15 is 0 Å². The summed E-state index contributed by atoms with van der Waals surface area (Å²) in [4.78, 5) is 2.38. The smallest absolute Gasteiger partial charge is 0.162 e. The van der Waals surface area contributed by atoms with E-state index in [9.17, 15) is 10.2 Å². The molecule has 0 radical (unpaired) electrons. The molecular formula is C27H48ClNO2. The van der Waals surface area contributed by atoms with Crippen molar-refractivity contribution < 1.29 is 10.2 Å². The fourth-order valence-corrected chi connectivity index (χ4v) is 4.68. The second-order valence-electron chi connectivity index (χ2n) is 9.41. The Morgan fingerprint density at radius 2 is 1.10 bits per heavy atom. The molecule has 180 valence electrons. The summed E-state index contributed by atoms with van der Waals surface area (Å²) >= 11 is 0. The number of halogens is 1. The van der Waals surface area contributed by atoms with Gasteiger partial charge in [0, 0.05) is 12.1 Å². The van der Waals surface area contributed by atoms with Gasteiger partial charge in [-0.3, -0.25) is 4.90 Å². The summed E-state index contributed by atoms with van der Waals surface area (Å²) < 4.78 is 0. The minimum Gasteiger partial charge on any atom is -0.504 e. The number of benzene rings is 1. The lowest BCUT2D eigenvalue weighted by molar-refractivity contribution is 0.218. The van der Waals surface area contributed by atoms with Gasteiger partial charge in [0.2, 0.25) is 0 Å². The molecule has 31 heavy (non-hydrogen) atoms. The zero-order valence-electron chi connectivity index (χ0n) is 20.0. The molecule has 0 amide bonds. The number of hydrogen-bond acceptors (Lipinski definition) is 3. The van der Waals surface area contributed by atoms with Gasteiger partial charge < -0.3 is 10.2 Å². The van der Waals surface area contributed by atoms with Crippen LogP contribution >= 0.6 is 12.4 Å². The molecule has 0 bridgehead atoms. The van der Waals surface area contributed by atoms with Gasteiger partial charge in [-0.25, -0.2) is 0 Å². The number of aromatic hydroxyl groups is 2. The predicted molar refractivity (Wildman–Crippen MR) is 136 cm³/mol. The van der Waals surface area contributed by atoms with Crippen molar-refractivity contribution in [3.8, 4) is 11.5 Å². The third kappa shape index (κ3) is 11.5. The van der Waals surface area contributed by atoms with Crippen LogP contribution in [0.5, 0.6) is 11.5 Å². The summed E-state index contributed by atoms with van der Waals surface area (Å²) in [5.41, 5.74) is 1.77. The molecule has 0 saturated carbocycles. The molecule has 0 aromatic heterocycles. The molecule has 1 aliphatic rings. The van der Waals surface area contributed by atoms with Gasteiger partial charge >= 0.3 is 0 Å². The van der Waals surface area contributed by atoms with E-state index in [2.05, 4.69) is 11.8 Å². The van der Waals surface area contributed by atoms with Crippen molar-refractivity contribution in [3.05, 3.63) is 23.3 Å². The summed E-state index contributed by atoms with van der Waals surface area (Å²) in [6, 6.07) is 4.04. The molecular weight excluding hydrogens is 406 g/mol. The highest BCUT2D eigenvalue weighted by Crippen LogP contribution is 2.34. The lowest BCUT2D eigenvalue weighted by atomic mass is 10.0. The van der Waals surface area contributed by atoms with E-state index in [4.69, 9.17) is 0 Å². The first kappa shape index (κ1) is 28.1. The molecule has 1 aromatic rings. The first-order valence-electron chi connectivity index (χ1n) is 13.0. The minimum absolute atomic E-state index is 0. The number of unbranched alkanes of at least 4 members (excludes halogenated alkanes) is 12. The van der Waals surface area contributed by atoms with Gasteiger partial charge in [0.1, 0.15) is 0 Å². The highest BCUT2D eigenvalue weighted by atomic mass is 35.5. The Morgan fingerprint density at radius 3 is 1.65 bits per heavy atom. The van der Waals surface area contributed by atoms with Gasteiger partial charge in [-0.15, -0.1) is 12.4 Å². The number of aryl methyl sites for hydroxylation is 1. The fraction of sp³-hybridized carbons (Fsp3) is 0.778. The van der Waals surface area contributed by atoms with Crippen molar-refractivity contribution in [2.45, 2.75) is 123 Å². The van der Waals surface area contributed by atoms with Crippen LogP contribution in [0.1, 0.15) is 121 Å². The molecule has 0 atom stereocenters. The second-order valence-corrected chi connectivity index (χ2v) is 9.41. The van der Waals surface area contributed by atoms with Crippen molar-refractivity contribution >= 4 is 12.4 Å². The van der Waals surface area contributed by atoms with Gasteiger partial charge in [0.05, 0.1) is 0 Å². The molecule has 1 fully saturated rings. The van der Waals surface area contributed by atoms with Crippen molar-refractivity contribution in [1.82, 2.24) is 4.90 Å². The van der Waals surface area contributed by atoms with Crippen LogP contribution in [-0.4, -0.2) is 28.2 Å². The Kier molecular flexibility index (Phi) is 16.0. The Balaban J connectivity index is 0.00000480. The lowest BCUT2D eigenvalue weighted by Crippen LogP contribution is -2.29. The zero-order chi connectivity index (χ0) is 21.4. The van der Waals surface area contributed by atoms with Crippen molar-refractivity contribution in [2.24, 2.45) is 0 Å². The third-order valence-electron chi connectivity index (χ3n) is 6.71. The minimum atomic E-state index is 0. The van der Waals surface area contributed by atoms with Crippen LogP contribution in [0.15, 0.2) is 12.1 Å². The van der Waals surface area contributed by atoms with E-state index in [1.54, 1.807) is 0 Å². The van der Waals surface area contributed by atoms with Crippen molar-refractivity contribution in [2.75, 3.05) is 13.1 Å².